The highest BCUT2D eigenvalue weighted by molar-refractivity contribution is 7.92. The lowest BCUT2D eigenvalue weighted by atomic mass is 10.2. The van der Waals surface area contributed by atoms with Gasteiger partial charge in [0, 0.05) is 22.0 Å². The summed E-state index contributed by atoms with van der Waals surface area (Å²) in [7, 11) is -7.33. The first-order valence-corrected chi connectivity index (χ1v) is 13.0. The zero-order valence-corrected chi connectivity index (χ0v) is 19.5. The lowest BCUT2D eigenvalue weighted by Crippen LogP contribution is -2.15. The Hall–Kier alpha value is -3.08. The summed E-state index contributed by atoms with van der Waals surface area (Å²) in [6.07, 6.45) is 1.01. The van der Waals surface area contributed by atoms with Crippen LogP contribution in [0.5, 0.6) is 0 Å². The second-order valence-corrected chi connectivity index (χ2v) is 10.8. The van der Waals surface area contributed by atoms with E-state index in [1.54, 1.807) is 18.2 Å². The number of rotatable bonds is 7. The fraction of sp³-hybridized carbons (Fsp3) is 0.0952. The Morgan fingerprint density at radius 3 is 2.06 bits per heavy atom. The van der Waals surface area contributed by atoms with Gasteiger partial charge in [0.25, 0.3) is 15.9 Å². The maximum Gasteiger partial charge on any atom is 0.261 e. The number of sulfonamides is 2. The summed E-state index contributed by atoms with van der Waals surface area (Å²) in [6, 6.07) is 16.4. The van der Waals surface area contributed by atoms with Crippen molar-refractivity contribution in [2.24, 2.45) is 0 Å². The normalized spacial score (nSPS) is 11.6. The third-order valence-corrected chi connectivity index (χ3v) is 6.69. The van der Waals surface area contributed by atoms with Crippen LogP contribution in [0.1, 0.15) is 15.9 Å². The van der Waals surface area contributed by atoms with Gasteiger partial charge in [-0.15, -0.1) is 0 Å². The van der Waals surface area contributed by atoms with E-state index >= 15 is 0 Å². The minimum atomic E-state index is -3.85. The molecule has 11 heteroatoms. The smallest absolute Gasteiger partial charge is 0.261 e. The number of aryl methyl sites for hydroxylation is 1. The number of carbonyl (C=O) groups excluding carboxylic acids is 1. The van der Waals surface area contributed by atoms with Gasteiger partial charge in [0.15, 0.2) is 0 Å². The van der Waals surface area contributed by atoms with Crippen molar-refractivity contribution in [2.75, 3.05) is 21.0 Å². The monoisotopic (exact) mass is 493 g/mol. The van der Waals surface area contributed by atoms with Crippen molar-refractivity contribution in [1.82, 2.24) is 0 Å². The highest BCUT2D eigenvalue weighted by atomic mass is 35.5. The van der Waals surface area contributed by atoms with Crippen molar-refractivity contribution in [3.05, 3.63) is 82.9 Å². The van der Waals surface area contributed by atoms with Crippen LogP contribution in [0.2, 0.25) is 5.02 Å². The Balaban J connectivity index is 1.72. The van der Waals surface area contributed by atoms with E-state index in [-0.39, 0.29) is 16.1 Å². The summed E-state index contributed by atoms with van der Waals surface area (Å²) in [4.78, 5) is 12.5. The number of benzene rings is 3. The van der Waals surface area contributed by atoms with Crippen molar-refractivity contribution in [3.63, 3.8) is 0 Å². The Bertz CT molecular complexity index is 1370. The number of halogens is 1. The van der Waals surface area contributed by atoms with Crippen molar-refractivity contribution >= 4 is 54.6 Å². The number of carbonyl (C=O) groups is 1. The number of amides is 1. The first-order chi connectivity index (χ1) is 14.9. The lowest BCUT2D eigenvalue weighted by molar-refractivity contribution is 0.102. The molecule has 0 aliphatic heterocycles. The fourth-order valence-electron chi connectivity index (χ4n) is 2.73. The second-order valence-electron chi connectivity index (χ2n) is 7.00. The summed E-state index contributed by atoms with van der Waals surface area (Å²) in [5.41, 5.74) is 2.01. The highest BCUT2D eigenvalue weighted by Crippen LogP contribution is 2.23. The van der Waals surface area contributed by atoms with Crippen molar-refractivity contribution in [3.8, 4) is 0 Å². The Morgan fingerprint density at radius 1 is 0.812 bits per heavy atom. The van der Waals surface area contributed by atoms with Gasteiger partial charge in [0.05, 0.1) is 16.8 Å². The number of hydrogen-bond donors (Lipinski definition) is 3. The molecular formula is C21H20ClN3O5S2. The molecule has 1 amide bonds. The van der Waals surface area contributed by atoms with E-state index in [1.807, 2.05) is 6.92 Å². The zero-order valence-electron chi connectivity index (χ0n) is 17.1. The minimum Gasteiger partial charge on any atom is -0.322 e. The van der Waals surface area contributed by atoms with Gasteiger partial charge >= 0.3 is 0 Å². The standard InChI is InChI=1S/C21H20ClN3O5S2/c1-14-6-7-18(13-20(14)22)25-32(29,30)19-10-8-16(9-11-19)23-21(26)15-4-3-5-17(12-15)24-31(2,27)28/h3-13,24-25H,1-2H3,(H,23,26). The molecule has 0 spiro atoms. The molecule has 0 aliphatic carbocycles. The Labute approximate surface area is 191 Å². The molecule has 3 aromatic rings. The van der Waals surface area contributed by atoms with E-state index < -0.39 is 26.0 Å². The van der Waals surface area contributed by atoms with Crippen LogP contribution in [-0.4, -0.2) is 29.0 Å². The van der Waals surface area contributed by atoms with E-state index in [1.165, 1.54) is 48.5 Å². The SMILES string of the molecule is Cc1ccc(NS(=O)(=O)c2ccc(NC(=O)c3cccc(NS(C)(=O)=O)c3)cc2)cc1Cl. The summed E-state index contributed by atoms with van der Waals surface area (Å²) in [6.45, 7) is 1.81. The molecule has 168 valence electrons. The average Bonchev–Trinajstić information content (AvgIpc) is 2.70. The molecule has 0 heterocycles. The van der Waals surface area contributed by atoms with Gasteiger partial charge in [-0.1, -0.05) is 23.7 Å². The lowest BCUT2D eigenvalue weighted by Gasteiger charge is -2.11. The molecule has 0 unspecified atom stereocenters. The maximum absolute atomic E-state index is 12.6. The van der Waals surface area contributed by atoms with Gasteiger partial charge < -0.3 is 5.32 Å². The van der Waals surface area contributed by atoms with Crippen molar-refractivity contribution in [2.45, 2.75) is 11.8 Å². The molecule has 3 rings (SSSR count). The highest BCUT2D eigenvalue weighted by Gasteiger charge is 2.15. The van der Waals surface area contributed by atoms with Crippen LogP contribution in [0.25, 0.3) is 0 Å². The van der Waals surface area contributed by atoms with Crippen LogP contribution in [0.4, 0.5) is 17.1 Å². The minimum absolute atomic E-state index is 0.00606. The van der Waals surface area contributed by atoms with Gasteiger partial charge in [-0.3, -0.25) is 14.2 Å². The molecule has 0 bridgehead atoms. The van der Waals surface area contributed by atoms with E-state index in [2.05, 4.69) is 14.8 Å². The van der Waals surface area contributed by atoms with Crippen LogP contribution >= 0.6 is 11.6 Å². The molecule has 8 nitrogen and oxygen atoms in total. The van der Waals surface area contributed by atoms with E-state index in [9.17, 15) is 21.6 Å². The van der Waals surface area contributed by atoms with Crippen molar-refractivity contribution < 1.29 is 21.6 Å². The molecular weight excluding hydrogens is 474 g/mol. The van der Waals surface area contributed by atoms with Crippen LogP contribution in [0, 0.1) is 6.92 Å². The molecule has 3 N–H and O–H groups in total. The first-order valence-electron chi connectivity index (χ1n) is 9.21. The number of hydrogen-bond acceptors (Lipinski definition) is 5. The van der Waals surface area contributed by atoms with Crippen LogP contribution in [0.15, 0.2) is 71.6 Å². The molecule has 0 atom stereocenters. The third-order valence-electron chi connectivity index (χ3n) is 4.27. The summed E-state index contributed by atoms with van der Waals surface area (Å²) in [5.74, 6) is -0.481. The van der Waals surface area contributed by atoms with E-state index in [0.29, 0.717) is 16.4 Å². The van der Waals surface area contributed by atoms with Crippen LogP contribution in [-0.2, 0) is 20.0 Å². The summed E-state index contributed by atoms with van der Waals surface area (Å²) in [5, 5.41) is 3.09. The van der Waals surface area contributed by atoms with Gasteiger partial charge in [-0.2, -0.15) is 0 Å². The van der Waals surface area contributed by atoms with Gasteiger partial charge in [0.1, 0.15) is 0 Å². The third kappa shape index (κ3) is 6.22. The van der Waals surface area contributed by atoms with Crippen LogP contribution in [0.3, 0.4) is 0 Å². The quantitative estimate of drug-likeness (QED) is 0.458. The van der Waals surface area contributed by atoms with Crippen molar-refractivity contribution in [1.29, 1.82) is 0 Å². The molecule has 0 saturated heterocycles. The molecule has 0 aliphatic rings. The van der Waals surface area contributed by atoms with E-state index in [0.717, 1.165) is 11.8 Å². The predicted molar refractivity (Wildman–Crippen MR) is 126 cm³/mol. The molecule has 3 aromatic carbocycles. The molecule has 32 heavy (non-hydrogen) atoms. The molecule has 0 fully saturated rings. The predicted octanol–water partition coefficient (Wildman–Crippen LogP) is 4.07. The van der Waals surface area contributed by atoms with Gasteiger partial charge in [-0.25, -0.2) is 16.8 Å². The zero-order chi connectivity index (χ0) is 23.5. The summed E-state index contributed by atoms with van der Waals surface area (Å²) < 4.78 is 52.7. The fourth-order valence-corrected chi connectivity index (χ4v) is 4.51. The summed E-state index contributed by atoms with van der Waals surface area (Å²) >= 11 is 6.04. The molecule has 0 aromatic heterocycles. The number of nitrogens with one attached hydrogen (secondary N) is 3. The van der Waals surface area contributed by atoms with E-state index in [4.69, 9.17) is 11.6 Å². The average molecular weight is 494 g/mol. The first kappa shape index (κ1) is 23.6. The number of anilines is 3. The van der Waals surface area contributed by atoms with Gasteiger partial charge in [-0.05, 0) is 67.1 Å². The second kappa shape index (κ2) is 9.19. The Kier molecular flexibility index (Phi) is 6.77. The van der Waals surface area contributed by atoms with Gasteiger partial charge in [0.2, 0.25) is 10.0 Å². The van der Waals surface area contributed by atoms with Crippen LogP contribution < -0.4 is 14.8 Å². The molecule has 0 saturated carbocycles. The topological polar surface area (TPSA) is 121 Å². The largest absolute Gasteiger partial charge is 0.322 e. The molecule has 0 radical (unpaired) electrons. The Morgan fingerprint density at radius 2 is 1.44 bits per heavy atom. The maximum atomic E-state index is 12.6.